The molecule has 104 valence electrons. The van der Waals surface area contributed by atoms with Gasteiger partial charge in [-0.1, -0.05) is 19.9 Å². The third-order valence-corrected chi connectivity index (χ3v) is 2.74. The van der Waals surface area contributed by atoms with Crippen LogP contribution >= 0.6 is 0 Å². The summed E-state index contributed by atoms with van der Waals surface area (Å²) >= 11 is 0. The molecule has 0 aromatic heterocycles. The van der Waals surface area contributed by atoms with Crippen molar-refractivity contribution in [3.05, 3.63) is 29.6 Å². The molecular formula is C14H18FNO3. The summed E-state index contributed by atoms with van der Waals surface area (Å²) in [7, 11) is 0. The molecule has 1 aromatic carbocycles. The molecule has 0 fully saturated rings. The first kappa shape index (κ1) is 15.1. The van der Waals surface area contributed by atoms with E-state index in [1.165, 1.54) is 12.1 Å². The van der Waals surface area contributed by atoms with Gasteiger partial charge in [0, 0.05) is 12.1 Å². The molecule has 1 amide bonds. The summed E-state index contributed by atoms with van der Waals surface area (Å²) in [6.45, 7) is 5.18. The van der Waals surface area contributed by atoms with Crippen molar-refractivity contribution in [3.8, 4) is 0 Å². The Morgan fingerprint density at radius 2 is 1.95 bits per heavy atom. The van der Waals surface area contributed by atoms with Gasteiger partial charge in [0.25, 0.3) is 0 Å². The van der Waals surface area contributed by atoms with E-state index in [1.807, 2.05) is 0 Å². The van der Waals surface area contributed by atoms with Gasteiger partial charge in [-0.15, -0.1) is 0 Å². The molecule has 19 heavy (non-hydrogen) atoms. The van der Waals surface area contributed by atoms with Crippen LogP contribution in [0.4, 0.5) is 10.1 Å². The standard InChI is InChI=1S/C14H18FNO3/c1-9-4-5-10(15)6-11(9)16-12(17)7-14(2,3)8-13(18)19/h4-6H,7-8H2,1-3H3,(H,16,17)(H,18,19). The van der Waals surface area contributed by atoms with Crippen LogP contribution in [0, 0.1) is 18.2 Å². The Kier molecular flexibility index (Phi) is 4.64. The minimum atomic E-state index is -0.945. The number of halogens is 1. The van der Waals surface area contributed by atoms with Crippen LogP contribution in [-0.2, 0) is 9.59 Å². The number of hydrogen-bond acceptors (Lipinski definition) is 2. The van der Waals surface area contributed by atoms with Gasteiger partial charge in [-0.25, -0.2) is 4.39 Å². The predicted molar refractivity (Wildman–Crippen MR) is 70.4 cm³/mol. The van der Waals surface area contributed by atoms with Gasteiger partial charge in [0.1, 0.15) is 5.82 Å². The minimum Gasteiger partial charge on any atom is -0.481 e. The molecule has 5 heteroatoms. The van der Waals surface area contributed by atoms with Gasteiger partial charge in [0.05, 0.1) is 6.42 Å². The molecule has 0 radical (unpaired) electrons. The number of anilines is 1. The first-order valence-corrected chi connectivity index (χ1v) is 5.97. The highest BCUT2D eigenvalue weighted by molar-refractivity contribution is 5.92. The molecule has 0 bridgehead atoms. The molecular weight excluding hydrogens is 249 g/mol. The lowest BCUT2D eigenvalue weighted by Gasteiger charge is -2.21. The average Bonchev–Trinajstić information content (AvgIpc) is 2.20. The molecule has 0 unspecified atom stereocenters. The first-order valence-electron chi connectivity index (χ1n) is 5.97. The summed E-state index contributed by atoms with van der Waals surface area (Å²) in [6, 6.07) is 4.14. The fourth-order valence-electron chi connectivity index (χ4n) is 1.83. The van der Waals surface area contributed by atoms with E-state index >= 15 is 0 Å². The van der Waals surface area contributed by atoms with Crippen molar-refractivity contribution in [3.63, 3.8) is 0 Å². The minimum absolute atomic E-state index is 0.0647. The van der Waals surface area contributed by atoms with Crippen LogP contribution < -0.4 is 5.32 Å². The molecule has 1 rings (SSSR count). The number of amides is 1. The largest absolute Gasteiger partial charge is 0.481 e. The Hall–Kier alpha value is -1.91. The van der Waals surface area contributed by atoms with Gasteiger partial charge < -0.3 is 10.4 Å². The number of aliphatic carboxylic acids is 1. The number of carbonyl (C=O) groups is 2. The van der Waals surface area contributed by atoms with Crippen molar-refractivity contribution in [2.75, 3.05) is 5.32 Å². The maximum Gasteiger partial charge on any atom is 0.303 e. The molecule has 0 saturated heterocycles. The highest BCUT2D eigenvalue weighted by Gasteiger charge is 2.25. The fourth-order valence-corrected chi connectivity index (χ4v) is 1.83. The van der Waals surface area contributed by atoms with E-state index in [4.69, 9.17) is 5.11 Å². The lowest BCUT2D eigenvalue weighted by molar-refractivity contribution is -0.139. The average molecular weight is 267 g/mol. The molecule has 0 saturated carbocycles. The zero-order chi connectivity index (χ0) is 14.6. The van der Waals surface area contributed by atoms with E-state index in [9.17, 15) is 14.0 Å². The Morgan fingerprint density at radius 3 is 2.53 bits per heavy atom. The molecule has 0 heterocycles. The van der Waals surface area contributed by atoms with E-state index in [-0.39, 0.29) is 18.7 Å². The number of nitrogens with one attached hydrogen (secondary N) is 1. The SMILES string of the molecule is Cc1ccc(F)cc1NC(=O)CC(C)(C)CC(=O)O. The number of carbonyl (C=O) groups excluding carboxylic acids is 1. The molecule has 0 atom stereocenters. The van der Waals surface area contributed by atoms with Crippen molar-refractivity contribution in [1.82, 2.24) is 0 Å². The summed E-state index contributed by atoms with van der Waals surface area (Å²) in [5, 5.41) is 11.4. The molecule has 0 aliphatic heterocycles. The maximum atomic E-state index is 13.1. The van der Waals surface area contributed by atoms with Crippen LogP contribution in [0.1, 0.15) is 32.3 Å². The van der Waals surface area contributed by atoms with E-state index in [1.54, 1.807) is 26.8 Å². The molecule has 2 N–H and O–H groups in total. The molecule has 0 spiro atoms. The third kappa shape index (κ3) is 5.07. The van der Waals surface area contributed by atoms with Gasteiger partial charge in [-0.2, -0.15) is 0 Å². The van der Waals surface area contributed by atoms with Crippen LogP contribution in [0.2, 0.25) is 0 Å². The van der Waals surface area contributed by atoms with E-state index in [0.717, 1.165) is 5.56 Å². The van der Waals surface area contributed by atoms with Crippen LogP contribution in [0.25, 0.3) is 0 Å². The second kappa shape index (κ2) is 5.82. The zero-order valence-corrected chi connectivity index (χ0v) is 11.3. The predicted octanol–water partition coefficient (Wildman–Crippen LogP) is 2.96. The van der Waals surface area contributed by atoms with Crippen molar-refractivity contribution in [2.45, 2.75) is 33.6 Å². The van der Waals surface area contributed by atoms with Crippen LogP contribution in [0.15, 0.2) is 18.2 Å². The Bertz CT molecular complexity index is 497. The summed E-state index contributed by atoms with van der Waals surface area (Å²) in [6.07, 6.45) is -0.0300. The number of carboxylic acids is 1. The third-order valence-electron chi connectivity index (χ3n) is 2.74. The molecule has 0 aliphatic carbocycles. The number of hydrogen-bond donors (Lipinski definition) is 2. The Labute approximate surface area is 111 Å². The number of carboxylic acid groups (broad SMARTS) is 1. The summed E-state index contributed by atoms with van der Waals surface area (Å²) in [5.41, 5.74) is 0.527. The Balaban J connectivity index is 2.70. The number of benzene rings is 1. The molecule has 4 nitrogen and oxygen atoms in total. The van der Waals surface area contributed by atoms with Gasteiger partial charge in [0.2, 0.25) is 5.91 Å². The van der Waals surface area contributed by atoms with Gasteiger partial charge in [-0.3, -0.25) is 9.59 Å². The van der Waals surface area contributed by atoms with Gasteiger partial charge in [0.15, 0.2) is 0 Å². The van der Waals surface area contributed by atoms with Crippen molar-refractivity contribution < 1.29 is 19.1 Å². The van der Waals surface area contributed by atoms with Crippen LogP contribution in [0.3, 0.4) is 0 Å². The van der Waals surface area contributed by atoms with Crippen LogP contribution in [-0.4, -0.2) is 17.0 Å². The molecule has 0 aliphatic rings. The lowest BCUT2D eigenvalue weighted by Crippen LogP contribution is -2.25. The second-order valence-corrected chi connectivity index (χ2v) is 5.42. The van der Waals surface area contributed by atoms with Crippen molar-refractivity contribution >= 4 is 17.6 Å². The molecule has 1 aromatic rings. The van der Waals surface area contributed by atoms with Crippen LogP contribution in [0.5, 0.6) is 0 Å². The monoisotopic (exact) mass is 267 g/mol. The Morgan fingerprint density at radius 1 is 1.32 bits per heavy atom. The normalized spacial score (nSPS) is 11.2. The van der Waals surface area contributed by atoms with Gasteiger partial charge >= 0.3 is 5.97 Å². The quantitative estimate of drug-likeness (QED) is 0.862. The smallest absolute Gasteiger partial charge is 0.303 e. The van der Waals surface area contributed by atoms with E-state index < -0.39 is 17.2 Å². The van der Waals surface area contributed by atoms with E-state index in [2.05, 4.69) is 5.32 Å². The topological polar surface area (TPSA) is 66.4 Å². The lowest BCUT2D eigenvalue weighted by atomic mass is 9.85. The summed E-state index contributed by atoms with van der Waals surface area (Å²) in [4.78, 5) is 22.5. The highest BCUT2D eigenvalue weighted by Crippen LogP contribution is 2.26. The number of rotatable bonds is 5. The maximum absolute atomic E-state index is 13.1. The van der Waals surface area contributed by atoms with Crippen molar-refractivity contribution in [2.24, 2.45) is 5.41 Å². The number of aryl methyl sites for hydroxylation is 1. The fraction of sp³-hybridized carbons (Fsp3) is 0.429. The summed E-state index contributed by atoms with van der Waals surface area (Å²) in [5.74, 6) is -1.69. The van der Waals surface area contributed by atoms with Gasteiger partial charge in [-0.05, 0) is 30.0 Å². The second-order valence-electron chi connectivity index (χ2n) is 5.42. The van der Waals surface area contributed by atoms with Crippen molar-refractivity contribution in [1.29, 1.82) is 0 Å². The first-order chi connectivity index (χ1) is 8.69. The zero-order valence-electron chi connectivity index (χ0n) is 11.3. The van der Waals surface area contributed by atoms with E-state index in [0.29, 0.717) is 5.69 Å². The summed E-state index contributed by atoms with van der Waals surface area (Å²) < 4.78 is 13.1. The highest BCUT2D eigenvalue weighted by atomic mass is 19.1.